The maximum absolute atomic E-state index is 12.0. The first-order valence-electron chi connectivity index (χ1n) is 5.08. The van der Waals surface area contributed by atoms with E-state index in [-0.39, 0.29) is 18.3 Å². The fourth-order valence-electron chi connectivity index (χ4n) is 1.56. The molecule has 0 unspecified atom stereocenters. The topological polar surface area (TPSA) is 50.2 Å². The number of hydrogen-bond acceptors (Lipinski definition) is 3. The molecule has 0 spiro atoms. The number of rotatable bonds is 2. The van der Waals surface area contributed by atoms with E-state index in [2.05, 4.69) is 10.4 Å². The molecular formula is C10H17ClN4O. The number of aryl methyl sites for hydroxylation is 2. The van der Waals surface area contributed by atoms with Crippen molar-refractivity contribution in [1.82, 2.24) is 20.0 Å². The van der Waals surface area contributed by atoms with Gasteiger partial charge in [-0.05, 0) is 13.0 Å². The first-order valence-corrected chi connectivity index (χ1v) is 5.08. The van der Waals surface area contributed by atoms with Crippen molar-refractivity contribution >= 4 is 18.3 Å². The van der Waals surface area contributed by atoms with E-state index in [0.717, 1.165) is 18.8 Å². The summed E-state index contributed by atoms with van der Waals surface area (Å²) >= 11 is 0. The van der Waals surface area contributed by atoms with Crippen molar-refractivity contribution in [3.05, 3.63) is 17.5 Å². The van der Waals surface area contributed by atoms with Crippen LogP contribution in [0, 0.1) is 6.92 Å². The Morgan fingerprint density at radius 3 is 2.62 bits per heavy atom. The van der Waals surface area contributed by atoms with Gasteiger partial charge in [0.1, 0.15) is 0 Å². The lowest BCUT2D eigenvalue weighted by molar-refractivity contribution is 0.0674. The second-order valence-corrected chi connectivity index (χ2v) is 4.02. The minimum atomic E-state index is 0. The van der Waals surface area contributed by atoms with Gasteiger partial charge in [-0.3, -0.25) is 9.48 Å². The van der Waals surface area contributed by atoms with Crippen LogP contribution in [0.1, 0.15) is 16.2 Å². The maximum Gasteiger partial charge on any atom is 0.274 e. The molecule has 1 fully saturated rings. The van der Waals surface area contributed by atoms with Gasteiger partial charge in [-0.1, -0.05) is 0 Å². The van der Waals surface area contributed by atoms with Crippen molar-refractivity contribution in [2.45, 2.75) is 13.0 Å². The molecule has 0 bridgehead atoms. The van der Waals surface area contributed by atoms with Crippen LogP contribution in [0.15, 0.2) is 6.07 Å². The number of nitrogens with zero attached hydrogens (tertiary/aromatic N) is 3. The van der Waals surface area contributed by atoms with E-state index in [9.17, 15) is 4.79 Å². The Kier molecular flexibility index (Phi) is 3.93. The predicted octanol–water partition coefficient (Wildman–Crippen LogP) is 0.194. The van der Waals surface area contributed by atoms with E-state index in [1.807, 2.05) is 27.1 Å². The summed E-state index contributed by atoms with van der Waals surface area (Å²) in [4.78, 5) is 13.7. The maximum atomic E-state index is 12.0. The molecule has 1 amide bonds. The van der Waals surface area contributed by atoms with Crippen molar-refractivity contribution in [2.24, 2.45) is 7.05 Å². The highest BCUT2D eigenvalue weighted by Gasteiger charge is 2.27. The van der Waals surface area contributed by atoms with Crippen molar-refractivity contribution in [1.29, 1.82) is 0 Å². The SMILES string of the molecule is Cc1cc(C(=O)N(C)C2CNC2)nn1C.Cl. The van der Waals surface area contributed by atoms with Crippen LogP contribution in [0.3, 0.4) is 0 Å². The molecule has 5 nitrogen and oxygen atoms in total. The molecule has 6 heteroatoms. The molecule has 1 aliphatic heterocycles. The minimum absolute atomic E-state index is 0. The van der Waals surface area contributed by atoms with Crippen molar-refractivity contribution in [3.63, 3.8) is 0 Å². The van der Waals surface area contributed by atoms with Gasteiger partial charge in [0.15, 0.2) is 5.69 Å². The molecule has 1 aromatic rings. The van der Waals surface area contributed by atoms with Crippen LogP contribution < -0.4 is 5.32 Å². The highest BCUT2D eigenvalue weighted by atomic mass is 35.5. The van der Waals surface area contributed by atoms with E-state index >= 15 is 0 Å². The molecule has 16 heavy (non-hydrogen) atoms. The molecule has 0 atom stereocenters. The third-order valence-electron chi connectivity index (χ3n) is 2.96. The summed E-state index contributed by atoms with van der Waals surface area (Å²) in [5.74, 6) is 0.00481. The summed E-state index contributed by atoms with van der Waals surface area (Å²) in [6.45, 7) is 3.71. The third kappa shape index (κ3) is 2.20. The molecule has 0 aromatic carbocycles. The number of likely N-dealkylation sites (N-methyl/N-ethyl adjacent to an activating group) is 1. The number of carbonyl (C=O) groups is 1. The van der Waals surface area contributed by atoms with E-state index in [1.165, 1.54) is 0 Å². The van der Waals surface area contributed by atoms with Crippen molar-refractivity contribution < 1.29 is 4.79 Å². The van der Waals surface area contributed by atoms with Gasteiger partial charge in [0.2, 0.25) is 0 Å². The quantitative estimate of drug-likeness (QED) is 0.808. The zero-order valence-corrected chi connectivity index (χ0v) is 10.5. The van der Waals surface area contributed by atoms with Crippen LogP contribution in [0.25, 0.3) is 0 Å². The molecule has 1 aromatic heterocycles. The van der Waals surface area contributed by atoms with Gasteiger partial charge in [0, 0.05) is 32.9 Å². The highest BCUT2D eigenvalue weighted by molar-refractivity contribution is 5.92. The summed E-state index contributed by atoms with van der Waals surface area (Å²) in [7, 11) is 3.68. The second-order valence-electron chi connectivity index (χ2n) is 4.02. The van der Waals surface area contributed by atoms with Crippen molar-refractivity contribution in [2.75, 3.05) is 20.1 Å². The molecule has 1 aliphatic rings. The van der Waals surface area contributed by atoms with Gasteiger partial charge in [0.05, 0.1) is 6.04 Å². The molecule has 2 heterocycles. The Labute approximate surface area is 101 Å². The fourth-order valence-corrected chi connectivity index (χ4v) is 1.56. The molecule has 1 saturated heterocycles. The van der Waals surface area contributed by atoms with E-state index < -0.39 is 0 Å². The van der Waals surface area contributed by atoms with E-state index in [4.69, 9.17) is 0 Å². The predicted molar refractivity (Wildman–Crippen MR) is 63.9 cm³/mol. The Balaban J connectivity index is 0.00000128. The van der Waals surface area contributed by atoms with Gasteiger partial charge < -0.3 is 10.2 Å². The number of carbonyl (C=O) groups excluding carboxylic acids is 1. The number of amides is 1. The van der Waals surface area contributed by atoms with Crippen LogP contribution in [-0.4, -0.2) is 46.8 Å². The highest BCUT2D eigenvalue weighted by Crippen LogP contribution is 2.09. The Hall–Kier alpha value is -1.07. The van der Waals surface area contributed by atoms with E-state index in [1.54, 1.807) is 9.58 Å². The lowest BCUT2D eigenvalue weighted by atomic mass is 10.1. The van der Waals surface area contributed by atoms with Gasteiger partial charge in [0.25, 0.3) is 5.91 Å². The number of halogens is 1. The normalized spacial score (nSPS) is 15.2. The Morgan fingerprint density at radius 1 is 1.62 bits per heavy atom. The third-order valence-corrected chi connectivity index (χ3v) is 2.96. The molecule has 2 rings (SSSR count). The fraction of sp³-hybridized carbons (Fsp3) is 0.600. The molecule has 0 saturated carbocycles. The minimum Gasteiger partial charge on any atom is -0.335 e. The number of aromatic nitrogens is 2. The van der Waals surface area contributed by atoms with Crippen LogP contribution >= 0.6 is 12.4 Å². The lowest BCUT2D eigenvalue weighted by Crippen LogP contribution is -2.57. The summed E-state index contributed by atoms with van der Waals surface area (Å²) in [5.41, 5.74) is 1.53. The van der Waals surface area contributed by atoms with Gasteiger partial charge >= 0.3 is 0 Å². The van der Waals surface area contributed by atoms with Gasteiger partial charge in [-0.25, -0.2) is 0 Å². The molecule has 0 aliphatic carbocycles. The van der Waals surface area contributed by atoms with Gasteiger partial charge in [-0.15, -0.1) is 12.4 Å². The molecule has 1 N–H and O–H groups in total. The molecular weight excluding hydrogens is 228 g/mol. The zero-order chi connectivity index (χ0) is 11.0. The Bertz CT molecular complexity index is 367. The smallest absolute Gasteiger partial charge is 0.274 e. The van der Waals surface area contributed by atoms with Gasteiger partial charge in [-0.2, -0.15) is 5.10 Å². The van der Waals surface area contributed by atoms with Crippen molar-refractivity contribution in [3.8, 4) is 0 Å². The first-order chi connectivity index (χ1) is 7.09. The summed E-state index contributed by atoms with van der Waals surface area (Å²) < 4.78 is 1.72. The standard InChI is InChI=1S/C10H16N4O.ClH/c1-7-4-9(12-14(7)3)10(15)13(2)8-5-11-6-8;/h4,8,11H,5-6H2,1-3H3;1H. The molecule has 0 radical (unpaired) electrons. The second kappa shape index (κ2) is 4.84. The van der Waals surface area contributed by atoms with E-state index in [0.29, 0.717) is 11.7 Å². The van der Waals surface area contributed by atoms with Crippen LogP contribution in [0.2, 0.25) is 0 Å². The van der Waals surface area contributed by atoms with Crippen LogP contribution in [0.5, 0.6) is 0 Å². The number of hydrogen-bond donors (Lipinski definition) is 1. The summed E-state index contributed by atoms with van der Waals surface area (Å²) in [6, 6.07) is 2.14. The summed E-state index contributed by atoms with van der Waals surface area (Å²) in [5, 5.41) is 7.32. The van der Waals surface area contributed by atoms with Crippen LogP contribution in [0.4, 0.5) is 0 Å². The average molecular weight is 245 g/mol. The average Bonchev–Trinajstić information content (AvgIpc) is 2.43. The monoisotopic (exact) mass is 244 g/mol. The largest absolute Gasteiger partial charge is 0.335 e. The zero-order valence-electron chi connectivity index (χ0n) is 9.73. The lowest BCUT2D eigenvalue weighted by Gasteiger charge is -2.35. The Morgan fingerprint density at radius 2 is 2.25 bits per heavy atom. The number of nitrogens with one attached hydrogen (secondary N) is 1. The summed E-state index contributed by atoms with van der Waals surface area (Å²) in [6.07, 6.45) is 0. The molecule has 90 valence electrons. The first kappa shape index (κ1) is 13.0. The van der Waals surface area contributed by atoms with Crippen LogP contribution in [-0.2, 0) is 7.05 Å².